The van der Waals surface area contributed by atoms with Crippen LogP contribution in [0.5, 0.6) is 17.2 Å². The van der Waals surface area contributed by atoms with Crippen molar-refractivity contribution in [3.05, 3.63) is 29.8 Å². The molecule has 2 rings (SSSR count). The number of aromatic hydroxyl groups is 1. The van der Waals surface area contributed by atoms with Gasteiger partial charge in [-0.1, -0.05) is 12.2 Å². The average molecular weight is 447 g/mol. The van der Waals surface area contributed by atoms with Gasteiger partial charge >= 0.3 is 0 Å². The van der Waals surface area contributed by atoms with Gasteiger partial charge in [0.15, 0.2) is 17.5 Å². The minimum Gasteiger partial charge on any atom is -0.502 e. The maximum Gasteiger partial charge on any atom is 0.200 e. The molecule has 0 fully saturated rings. The molecular weight excluding hydrogens is 421 g/mol. The van der Waals surface area contributed by atoms with E-state index in [1.807, 2.05) is 6.92 Å². The van der Waals surface area contributed by atoms with Crippen LogP contribution in [0, 0.1) is 0 Å². The Kier molecular flexibility index (Phi) is 8.73. The molecule has 0 spiro atoms. The molecule has 0 aliphatic heterocycles. The van der Waals surface area contributed by atoms with E-state index in [0.29, 0.717) is 24.1 Å². The molecule has 0 heterocycles. The van der Waals surface area contributed by atoms with Crippen LogP contribution < -0.4 is 20.1 Å². The van der Waals surface area contributed by atoms with E-state index in [2.05, 4.69) is 27.8 Å². The zero-order valence-corrected chi connectivity index (χ0v) is 16.7. The lowest BCUT2D eigenvalue weighted by atomic mass is 10.2. The van der Waals surface area contributed by atoms with Crippen LogP contribution in [0.4, 0.5) is 0 Å². The van der Waals surface area contributed by atoms with Gasteiger partial charge < -0.3 is 25.2 Å². The summed E-state index contributed by atoms with van der Waals surface area (Å²) in [5.74, 6) is 1.55. The lowest BCUT2D eigenvalue weighted by molar-refractivity contribution is 0.339. The van der Waals surface area contributed by atoms with Gasteiger partial charge in [0.05, 0.1) is 20.8 Å². The standard InChI is InChI=1S/C17H25N3O3.HI/c1-4-18-17(20-13-7-5-6-8-13)19-11-12-9-14(22-2)16(21)15(10-12)23-3;/h5-6,9-10,13,21H,4,7-8,11H2,1-3H3,(H2,18,19,20);1H. The molecule has 1 aromatic rings. The molecule has 0 unspecified atom stereocenters. The molecule has 7 heteroatoms. The normalized spacial score (nSPS) is 14.2. The second kappa shape index (κ2) is 10.3. The minimum absolute atomic E-state index is 0. The summed E-state index contributed by atoms with van der Waals surface area (Å²) in [6, 6.07) is 3.93. The number of rotatable bonds is 6. The lowest BCUT2D eigenvalue weighted by Gasteiger charge is -2.17. The molecular formula is C17H26IN3O3. The van der Waals surface area contributed by atoms with Gasteiger partial charge in [0.25, 0.3) is 0 Å². The van der Waals surface area contributed by atoms with E-state index < -0.39 is 0 Å². The number of methoxy groups -OCH3 is 2. The van der Waals surface area contributed by atoms with E-state index in [0.717, 1.165) is 30.9 Å². The van der Waals surface area contributed by atoms with Gasteiger partial charge in [-0.3, -0.25) is 0 Å². The third kappa shape index (κ3) is 5.47. The maximum absolute atomic E-state index is 9.95. The molecule has 0 radical (unpaired) electrons. The third-order valence-corrected chi connectivity index (χ3v) is 3.65. The second-order valence-electron chi connectivity index (χ2n) is 5.33. The number of ether oxygens (including phenoxy) is 2. The number of nitrogens with one attached hydrogen (secondary N) is 2. The Bertz CT molecular complexity index is 557. The van der Waals surface area contributed by atoms with Crippen LogP contribution in [0.25, 0.3) is 0 Å². The zero-order valence-electron chi connectivity index (χ0n) is 14.3. The second-order valence-corrected chi connectivity index (χ2v) is 5.33. The van der Waals surface area contributed by atoms with Crippen LogP contribution in [-0.2, 0) is 6.54 Å². The first-order valence-electron chi connectivity index (χ1n) is 7.81. The Morgan fingerprint density at radius 3 is 2.29 bits per heavy atom. The highest BCUT2D eigenvalue weighted by atomic mass is 127. The summed E-state index contributed by atoms with van der Waals surface area (Å²) in [5.41, 5.74) is 0.901. The molecule has 1 aliphatic rings. The van der Waals surface area contributed by atoms with E-state index >= 15 is 0 Å². The van der Waals surface area contributed by atoms with E-state index in [-0.39, 0.29) is 29.7 Å². The molecule has 0 aromatic heterocycles. The summed E-state index contributed by atoms with van der Waals surface area (Å²) in [4.78, 5) is 4.60. The summed E-state index contributed by atoms with van der Waals surface area (Å²) in [5, 5.41) is 16.6. The quantitative estimate of drug-likeness (QED) is 0.271. The SMILES string of the molecule is CCNC(=NCc1cc(OC)c(O)c(OC)c1)NC1CC=CC1.I. The Hall–Kier alpha value is -1.64. The molecule has 1 aromatic carbocycles. The van der Waals surface area contributed by atoms with Crippen molar-refractivity contribution in [2.45, 2.75) is 32.4 Å². The molecule has 0 amide bonds. The van der Waals surface area contributed by atoms with Crippen molar-refractivity contribution in [2.24, 2.45) is 4.99 Å². The van der Waals surface area contributed by atoms with Gasteiger partial charge in [-0.25, -0.2) is 4.99 Å². The first kappa shape index (κ1) is 20.4. The predicted octanol–water partition coefficient (Wildman–Crippen LogP) is 2.80. The van der Waals surface area contributed by atoms with Crippen molar-refractivity contribution in [1.82, 2.24) is 10.6 Å². The Morgan fingerprint density at radius 1 is 1.21 bits per heavy atom. The molecule has 134 valence electrons. The number of phenols is 1. The minimum atomic E-state index is 0. The van der Waals surface area contributed by atoms with Crippen molar-refractivity contribution in [2.75, 3.05) is 20.8 Å². The number of hydrogen-bond acceptors (Lipinski definition) is 4. The van der Waals surface area contributed by atoms with Crippen molar-refractivity contribution in [3.8, 4) is 17.2 Å². The molecule has 0 bridgehead atoms. The van der Waals surface area contributed by atoms with Crippen LogP contribution in [0.1, 0.15) is 25.3 Å². The average Bonchev–Trinajstić information content (AvgIpc) is 3.06. The summed E-state index contributed by atoms with van der Waals surface area (Å²) in [6.45, 7) is 3.30. The highest BCUT2D eigenvalue weighted by molar-refractivity contribution is 14.0. The van der Waals surface area contributed by atoms with Gasteiger partial charge in [-0.05, 0) is 37.5 Å². The molecule has 3 N–H and O–H groups in total. The smallest absolute Gasteiger partial charge is 0.200 e. The van der Waals surface area contributed by atoms with Crippen molar-refractivity contribution >= 4 is 29.9 Å². The Balaban J connectivity index is 0.00000288. The van der Waals surface area contributed by atoms with Crippen molar-refractivity contribution in [1.29, 1.82) is 0 Å². The van der Waals surface area contributed by atoms with Gasteiger partial charge in [0, 0.05) is 12.6 Å². The number of hydrogen-bond donors (Lipinski definition) is 3. The first-order valence-corrected chi connectivity index (χ1v) is 7.81. The topological polar surface area (TPSA) is 75.1 Å². The molecule has 0 atom stereocenters. The summed E-state index contributed by atoms with van der Waals surface area (Å²) >= 11 is 0. The van der Waals surface area contributed by atoms with E-state index in [1.165, 1.54) is 14.2 Å². The van der Waals surface area contributed by atoms with Crippen molar-refractivity contribution < 1.29 is 14.6 Å². The number of halogens is 1. The lowest BCUT2D eigenvalue weighted by Crippen LogP contribution is -2.42. The van der Waals surface area contributed by atoms with Crippen LogP contribution >= 0.6 is 24.0 Å². The van der Waals surface area contributed by atoms with E-state index in [1.54, 1.807) is 12.1 Å². The number of phenolic OH excluding ortho intramolecular Hbond substituents is 1. The Morgan fingerprint density at radius 2 is 1.79 bits per heavy atom. The first-order chi connectivity index (χ1) is 11.2. The number of benzene rings is 1. The van der Waals surface area contributed by atoms with E-state index in [9.17, 15) is 5.11 Å². The third-order valence-electron chi connectivity index (χ3n) is 3.65. The van der Waals surface area contributed by atoms with Gasteiger partial charge in [-0.15, -0.1) is 24.0 Å². The molecule has 0 saturated heterocycles. The van der Waals surface area contributed by atoms with E-state index in [4.69, 9.17) is 9.47 Å². The van der Waals surface area contributed by atoms with Crippen LogP contribution in [0.2, 0.25) is 0 Å². The fourth-order valence-corrected chi connectivity index (χ4v) is 2.46. The van der Waals surface area contributed by atoms with Crippen LogP contribution in [-0.4, -0.2) is 37.9 Å². The number of guanidine groups is 1. The largest absolute Gasteiger partial charge is 0.502 e. The monoisotopic (exact) mass is 447 g/mol. The van der Waals surface area contributed by atoms with Gasteiger partial charge in [0.1, 0.15) is 0 Å². The molecule has 0 saturated carbocycles. The highest BCUT2D eigenvalue weighted by Crippen LogP contribution is 2.37. The van der Waals surface area contributed by atoms with Crippen molar-refractivity contribution in [3.63, 3.8) is 0 Å². The molecule has 24 heavy (non-hydrogen) atoms. The van der Waals surface area contributed by atoms with Crippen LogP contribution in [0.15, 0.2) is 29.3 Å². The molecule has 6 nitrogen and oxygen atoms in total. The van der Waals surface area contributed by atoms with Gasteiger partial charge in [0.2, 0.25) is 5.75 Å². The molecule has 1 aliphatic carbocycles. The maximum atomic E-state index is 9.95. The van der Waals surface area contributed by atoms with Crippen LogP contribution in [0.3, 0.4) is 0 Å². The van der Waals surface area contributed by atoms with Gasteiger partial charge in [-0.2, -0.15) is 0 Å². The fourth-order valence-electron chi connectivity index (χ4n) is 2.46. The summed E-state index contributed by atoms with van der Waals surface area (Å²) in [7, 11) is 3.03. The predicted molar refractivity (Wildman–Crippen MR) is 107 cm³/mol. The highest BCUT2D eigenvalue weighted by Gasteiger charge is 2.13. The summed E-state index contributed by atoms with van der Waals surface area (Å²) < 4.78 is 10.3. The summed E-state index contributed by atoms with van der Waals surface area (Å²) in [6.07, 6.45) is 6.39. The number of nitrogens with zero attached hydrogens (tertiary/aromatic N) is 1. The number of aliphatic imine (C=N–C) groups is 1. The Labute approximate surface area is 160 Å². The fraction of sp³-hybridized carbons (Fsp3) is 0.471. The zero-order chi connectivity index (χ0) is 16.7.